The fourth-order valence-corrected chi connectivity index (χ4v) is 3.21. The van der Waals surface area contributed by atoms with Crippen LogP contribution in [0, 0.1) is 11.8 Å². The molecule has 0 radical (unpaired) electrons. The molecule has 3 unspecified atom stereocenters. The third-order valence-corrected chi connectivity index (χ3v) is 4.96. The number of hydrogen-bond acceptors (Lipinski definition) is 2. The zero-order valence-electron chi connectivity index (χ0n) is 14.2. The zero-order chi connectivity index (χ0) is 15.5. The predicted octanol–water partition coefficient (Wildman–Crippen LogP) is 4.01. The lowest BCUT2D eigenvalue weighted by atomic mass is 9.79. The molecule has 0 spiro atoms. The molecule has 1 saturated carbocycles. The highest BCUT2D eigenvalue weighted by molar-refractivity contribution is 5.78. The third kappa shape index (κ3) is 7.85. The summed E-state index contributed by atoms with van der Waals surface area (Å²) in [4.78, 5) is 12.1. The number of amides is 1. The van der Waals surface area contributed by atoms with Gasteiger partial charge < -0.3 is 11.1 Å². The van der Waals surface area contributed by atoms with E-state index in [1.165, 1.54) is 44.9 Å². The quantitative estimate of drug-likeness (QED) is 0.599. The first-order chi connectivity index (χ1) is 10.1. The van der Waals surface area contributed by atoms with E-state index in [9.17, 15) is 4.79 Å². The first-order valence-corrected chi connectivity index (χ1v) is 9.18. The van der Waals surface area contributed by atoms with Crippen molar-refractivity contribution in [2.45, 2.75) is 90.5 Å². The second kappa shape index (κ2) is 11.1. The van der Waals surface area contributed by atoms with Crippen LogP contribution in [0.2, 0.25) is 0 Å². The molecule has 0 aromatic heterocycles. The van der Waals surface area contributed by atoms with Crippen LogP contribution in [-0.4, -0.2) is 18.5 Å². The Bertz CT molecular complexity index is 280. The monoisotopic (exact) mass is 296 g/mol. The van der Waals surface area contributed by atoms with Gasteiger partial charge in [0.15, 0.2) is 0 Å². The van der Waals surface area contributed by atoms with E-state index in [2.05, 4.69) is 19.2 Å². The highest BCUT2D eigenvalue weighted by atomic mass is 16.1. The average molecular weight is 296 g/mol. The van der Waals surface area contributed by atoms with Gasteiger partial charge in [0.1, 0.15) is 0 Å². The Morgan fingerprint density at radius 2 is 1.67 bits per heavy atom. The lowest BCUT2D eigenvalue weighted by molar-refractivity contribution is -0.126. The molecule has 3 N–H and O–H groups in total. The lowest BCUT2D eigenvalue weighted by Gasteiger charge is -2.31. The summed E-state index contributed by atoms with van der Waals surface area (Å²) in [7, 11) is 0. The van der Waals surface area contributed by atoms with Crippen LogP contribution in [0.1, 0.15) is 84.5 Å². The Kier molecular flexibility index (Phi) is 9.73. The Morgan fingerprint density at radius 1 is 1.05 bits per heavy atom. The molecule has 0 saturated heterocycles. The van der Waals surface area contributed by atoms with Crippen LogP contribution in [0.3, 0.4) is 0 Å². The maximum Gasteiger partial charge on any atom is 0.223 e. The second-order valence-corrected chi connectivity index (χ2v) is 6.92. The number of nitrogens with two attached hydrogens (primary N) is 1. The Labute approximate surface area is 131 Å². The van der Waals surface area contributed by atoms with E-state index >= 15 is 0 Å². The van der Waals surface area contributed by atoms with Crippen molar-refractivity contribution in [3.8, 4) is 0 Å². The molecule has 0 bridgehead atoms. The van der Waals surface area contributed by atoms with Gasteiger partial charge in [0.05, 0.1) is 0 Å². The maximum absolute atomic E-state index is 12.1. The number of carbonyl (C=O) groups is 1. The predicted molar refractivity (Wildman–Crippen MR) is 90.1 cm³/mol. The fourth-order valence-electron chi connectivity index (χ4n) is 3.21. The van der Waals surface area contributed by atoms with Gasteiger partial charge in [0.25, 0.3) is 0 Å². The summed E-state index contributed by atoms with van der Waals surface area (Å²) in [5, 5.41) is 3.10. The molecule has 1 fully saturated rings. The molecule has 1 aliphatic carbocycles. The summed E-state index contributed by atoms with van der Waals surface area (Å²) in [6, 6.07) is 0.206. The summed E-state index contributed by atoms with van der Waals surface area (Å²) in [6.07, 6.45) is 13.4. The van der Waals surface area contributed by atoms with Gasteiger partial charge in [-0.05, 0) is 31.6 Å². The lowest BCUT2D eigenvalue weighted by Crippen LogP contribution is -2.41. The van der Waals surface area contributed by atoms with Gasteiger partial charge in [-0.3, -0.25) is 4.79 Å². The molecule has 124 valence electrons. The standard InChI is InChI=1S/C18H36N2O/c1-3-4-5-6-7-8-9-10-13-20-18(21)16-12-11-15(2)17(19)14-16/h15-17H,3-14,19H2,1-2H3,(H,20,21). The van der Waals surface area contributed by atoms with Gasteiger partial charge in [-0.2, -0.15) is 0 Å². The maximum atomic E-state index is 12.1. The normalized spacial score (nSPS) is 25.8. The van der Waals surface area contributed by atoms with Crippen LogP contribution in [0.4, 0.5) is 0 Å². The molecule has 0 aliphatic heterocycles. The molecular formula is C18H36N2O. The topological polar surface area (TPSA) is 55.1 Å². The SMILES string of the molecule is CCCCCCCCCCNC(=O)C1CCC(C)C(N)C1. The van der Waals surface area contributed by atoms with Crippen LogP contribution in [0.5, 0.6) is 0 Å². The first kappa shape index (κ1) is 18.5. The Hall–Kier alpha value is -0.570. The smallest absolute Gasteiger partial charge is 0.223 e. The van der Waals surface area contributed by atoms with E-state index in [0.717, 1.165) is 32.2 Å². The van der Waals surface area contributed by atoms with Crippen molar-refractivity contribution in [1.29, 1.82) is 0 Å². The van der Waals surface area contributed by atoms with E-state index in [0.29, 0.717) is 5.92 Å². The number of rotatable bonds is 10. The van der Waals surface area contributed by atoms with Gasteiger partial charge in [-0.1, -0.05) is 58.8 Å². The summed E-state index contributed by atoms with van der Waals surface area (Å²) >= 11 is 0. The van der Waals surface area contributed by atoms with E-state index < -0.39 is 0 Å². The molecule has 3 atom stereocenters. The molecule has 1 amide bonds. The molecular weight excluding hydrogens is 260 g/mol. The minimum atomic E-state index is 0.158. The highest BCUT2D eigenvalue weighted by Crippen LogP contribution is 2.27. The van der Waals surface area contributed by atoms with Crippen LogP contribution in [0.15, 0.2) is 0 Å². The summed E-state index contributed by atoms with van der Waals surface area (Å²) in [5.41, 5.74) is 6.07. The van der Waals surface area contributed by atoms with Crippen LogP contribution in [0.25, 0.3) is 0 Å². The molecule has 0 heterocycles. The number of carbonyl (C=O) groups excluding carboxylic acids is 1. The van der Waals surface area contributed by atoms with Gasteiger partial charge in [0.2, 0.25) is 5.91 Å². The van der Waals surface area contributed by atoms with E-state index in [4.69, 9.17) is 5.73 Å². The van der Waals surface area contributed by atoms with Crippen molar-refractivity contribution in [3.05, 3.63) is 0 Å². The van der Waals surface area contributed by atoms with Crippen LogP contribution >= 0.6 is 0 Å². The number of hydrogen-bond donors (Lipinski definition) is 2. The highest BCUT2D eigenvalue weighted by Gasteiger charge is 2.29. The minimum Gasteiger partial charge on any atom is -0.356 e. The summed E-state index contributed by atoms with van der Waals surface area (Å²) < 4.78 is 0. The molecule has 0 aromatic carbocycles. The van der Waals surface area contributed by atoms with Crippen molar-refractivity contribution in [3.63, 3.8) is 0 Å². The fraction of sp³-hybridized carbons (Fsp3) is 0.944. The van der Waals surface area contributed by atoms with Crippen molar-refractivity contribution in [2.75, 3.05) is 6.54 Å². The molecule has 21 heavy (non-hydrogen) atoms. The van der Waals surface area contributed by atoms with Crippen LogP contribution in [-0.2, 0) is 4.79 Å². The van der Waals surface area contributed by atoms with Gasteiger partial charge >= 0.3 is 0 Å². The first-order valence-electron chi connectivity index (χ1n) is 9.18. The summed E-state index contributed by atoms with van der Waals surface area (Å²) in [5.74, 6) is 0.965. The minimum absolute atomic E-state index is 0.158. The van der Waals surface area contributed by atoms with Gasteiger partial charge in [-0.15, -0.1) is 0 Å². The number of nitrogens with one attached hydrogen (secondary N) is 1. The number of unbranched alkanes of at least 4 members (excludes halogenated alkanes) is 7. The second-order valence-electron chi connectivity index (χ2n) is 6.92. The molecule has 1 rings (SSSR count). The van der Waals surface area contributed by atoms with Gasteiger partial charge in [-0.25, -0.2) is 0 Å². The summed E-state index contributed by atoms with van der Waals surface area (Å²) in [6.45, 7) is 5.29. The van der Waals surface area contributed by atoms with Crippen molar-refractivity contribution >= 4 is 5.91 Å². The van der Waals surface area contributed by atoms with Crippen molar-refractivity contribution in [2.24, 2.45) is 17.6 Å². The van der Waals surface area contributed by atoms with Crippen LogP contribution < -0.4 is 11.1 Å². The van der Waals surface area contributed by atoms with Crippen molar-refractivity contribution < 1.29 is 4.79 Å². The molecule has 1 aliphatic rings. The van der Waals surface area contributed by atoms with E-state index in [1.807, 2.05) is 0 Å². The van der Waals surface area contributed by atoms with Crippen molar-refractivity contribution in [1.82, 2.24) is 5.32 Å². The molecule has 0 aromatic rings. The Morgan fingerprint density at radius 3 is 2.29 bits per heavy atom. The Balaban J connectivity index is 1.96. The van der Waals surface area contributed by atoms with E-state index in [-0.39, 0.29) is 17.9 Å². The molecule has 3 nitrogen and oxygen atoms in total. The average Bonchev–Trinajstić information content (AvgIpc) is 2.48. The van der Waals surface area contributed by atoms with E-state index in [1.54, 1.807) is 0 Å². The molecule has 3 heteroatoms. The largest absolute Gasteiger partial charge is 0.356 e. The third-order valence-electron chi connectivity index (χ3n) is 4.96. The van der Waals surface area contributed by atoms with Gasteiger partial charge in [0, 0.05) is 18.5 Å². The zero-order valence-corrected chi connectivity index (χ0v) is 14.2.